The molecule has 0 atom stereocenters. The molecule has 1 aromatic carbocycles. The van der Waals surface area contributed by atoms with Crippen LogP contribution in [0.15, 0.2) is 41.0 Å². The highest BCUT2D eigenvalue weighted by molar-refractivity contribution is 9.10. The Balaban J connectivity index is 2.37. The molecule has 0 fully saturated rings. The summed E-state index contributed by atoms with van der Waals surface area (Å²) in [6.45, 7) is 1.46. The van der Waals surface area contributed by atoms with Crippen LogP contribution in [0.1, 0.15) is 17.3 Å². The van der Waals surface area contributed by atoms with Crippen LogP contribution in [-0.4, -0.2) is 15.7 Å². The number of nitrogens with zero attached hydrogens (tertiary/aromatic N) is 2. The summed E-state index contributed by atoms with van der Waals surface area (Å²) in [5.41, 5.74) is 0.943. The highest BCUT2D eigenvalue weighted by Crippen LogP contribution is 2.28. The van der Waals surface area contributed by atoms with Gasteiger partial charge < -0.3 is 5.32 Å². The van der Waals surface area contributed by atoms with E-state index in [2.05, 4.69) is 26.2 Å². The first-order valence-corrected chi connectivity index (χ1v) is 6.44. The zero-order valence-corrected chi connectivity index (χ0v) is 12.0. The van der Waals surface area contributed by atoms with Gasteiger partial charge in [0.1, 0.15) is 0 Å². The van der Waals surface area contributed by atoms with Gasteiger partial charge in [-0.25, -0.2) is 4.98 Å². The first-order chi connectivity index (χ1) is 9.47. The van der Waals surface area contributed by atoms with Crippen molar-refractivity contribution in [2.45, 2.75) is 6.92 Å². The molecule has 0 aliphatic heterocycles. The molecule has 0 aliphatic carbocycles. The normalized spacial score (nSPS) is 10.1. The van der Waals surface area contributed by atoms with Crippen molar-refractivity contribution >= 4 is 38.9 Å². The van der Waals surface area contributed by atoms with Crippen LogP contribution < -0.4 is 5.32 Å². The number of pyridine rings is 1. The van der Waals surface area contributed by atoms with Gasteiger partial charge in [-0.1, -0.05) is 12.1 Å². The van der Waals surface area contributed by atoms with Gasteiger partial charge in [-0.2, -0.15) is 0 Å². The number of Topliss-reactive ketones (excluding diaryl/α,β-unsaturated/α-hetero) is 1. The van der Waals surface area contributed by atoms with Crippen molar-refractivity contribution in [2.75, 3.05) is 5.32 Å². The molecule has 1 aromatic heterocycles. The third-order valence-electron chi connectivity index (χ3n) is 2.56. The zero-order chi connectivity index (χ0) is 14.7. The molecule has 0 unspecified atom stereocenters. The number of hydrogen-bond acceptors (Lipinski definition) is 5. The summed E-state index contributed by atoms with van der Waals surface area (Å²) in [7, 11) is 0. The van der Waals surface area contributed by atoms with Crippen LogP contribution >= 0.6 is 15.9 Å². The predicted octanol–water partition coefficient (Wildman–Crippen LogP) is 3.70. The minimum atomic E-state index is -0.519. The van der Waals surface area contributed by atoms with Crippen molar-refractivity contribution in [3.05, 3.63) is 56.7 Å². The second kappa shape index (κ2) is 5.79. The number of benzene rings is 1. The van der Waals surface area contributed by atoms with Crippen molar-refractivity contribution in [1.29, 1.82) is 0 Å². The molecule has 7 heteroatoms. The highest BCUT2D eigenvalue weighted by atomic mass is 79.9. The molecule has 6 nitrogen and oxygen atoms in total. The highest BCUT2D eigenvalue weighted by Gasteiger charge is 2.16. The van der Waals surface area contributed by atoms with Gasteiger partial charge in [0.2, 0.25) is 5.82 Å². The summed E-state index contributed by atoms with van der Waals surface area (Å²) < 4.78 is 0.521. The summed E-state index contributed by atoms with van der Waals surface area (Å²) in [4.78, 5) is 25.8. The van der Waals surface area contributed by atoms with Gasteiger partial charge in [0.15, 0.2) is 5.78 Å². The molecule has 20 heavy (non-hydrogen) atoms. The SMILES string of the molecule is CC(=O)c1cccc(Nc2ncc(Br)cc2[N+](=O)[O-])c1. The second-order valence-electron chi connectivity index (χ2n) is 4.04. The van der Waals surface area contributed by atoms with Crippen molar-refractivity contribution < 1.29 is 9.72 Å². The maximum absolute atomic E-state index is 11.3. The van der Waals surface area contributed by atoms with Crippen LogP contribution in [0, 0.1) is 10.1 Å². The molecule has 2 aromatic rings. The van der Waals surface area contributed by atoms with Crippen LogP contribution in [0.2, 0.25) is 0 Å². The lowest BCUT2D eigenvalue weighted by Crippen LogP contribution is -2.00. The van der Waals surface area contributed by atoms with Crippen molar-refractivity contribution in [1.82, 2.24) is 4.98 Å². The summed E-state index contributed by atoms with van der Waals surface area (Å²) in [5, 5.41) is 13.8. The van der Waals surface area contributed by atoms with E-state index in [-0.39, 0.29) is 17.3 Å². The van der Waals surface area contributed by atoms with Crippen LogP contribution in [0.5, 0.6) is 0 Å². The Bertz CT molecular complexity index is 688. The predicted molar refractivity (Wildman–Crippen MR) is 78.3 cm³/mol. The van der Waals surface area contributed by atoms with Crippen LogP contribution in [0.3, 0.4) is 0 Å². The number of halogens is 1. The molecule has 1 N–H and O–H groups in total. The minimum absolute atomic E-state index is 0.0769. The van der Waals surface area contributed by atoms with Crippen LogP contribution in [0.25, 0.3) is 0 Å². The number of carbonyl (C=O) groups excluding carboxylic acids is 1. The van der Waals surface area contributed by atoms with Crippen molar-refractivity contribution in [2.24, 2.45) is 0 Å². The van der Waals surface area contributed by atoms with E-state index in [1.54, 1.807) is 24.3 Å². The molecule has 0 saturated heterocycles. The summed E-state index contributed by atoms with van der Waals surface area (Å²) in [6, 6.07) is 8.07. The van der Waals surface area contributed by atoms with Crippen molar-refractivity contribution in [3.63, 3.8) is 0 Å². The first kappa shape index (κ1) is 14.1. The van der Waals surface area contributed by atoms with Gasteiger partial charge in [-0.3, -0.25) is 14.9 Å². The summed E-state index contributed by atoms with van der Waals surface area (Å²) in [6.07, 6.45) is 1.46. The van der Waals surface area contributed by atoms with E-state index >= 15 is 0 Å². The van der Waals surface area contributed by atoms with E-state index in [0.717, 1.165) is 0 Å². The Morgan fingerprint density at radius 3 is 2.80 bits per heavy atom. The Kier molecular flexibility index (Phi) is 4.09. The lowest BCUT2D eigenvalue weighted by molar-refractivity contribution is -0.384. The average Bonchev–Trinajstić information content (AvgIpc) is 2.41. The quantitative estimate of drug-likeness (QED) is 0.523. The van der Waals surface area contributed by atoms with Gasteiger partial charge in [0.25, 0.3) is 0 Å². The monoisotopic (exact) mass is 335 g/mol. The van der Waals surface area contributed by atoms with Gasteiger partial charge in [-0.05, 0) is 35.0 Å². The molecule has 0 radical (unpaired) electrons. The number of nitrogens with one attached hydrogen (secondary N) is 1. The van der Waals surface area contributed by atoms with E-state index in [1.807, 2.05) is 0 Å². The number of carbonyl (C=O) groups is 1. The van der Waals surface area contributed by atoms with Gasteiger partial charge >= 0.3 is 5.69 Å². The fourth-order valence-electron chi connectivity index (χ4n) is 1.62. The smallest absolute Gasteiger partial charge is 0.312 e. The van der Waals surface area contributed by atoms with E-state index in [0.29, 0.717) is 15.7 Å². The third kappa shape index (κ3) is 3.18. The summed E-state index contributed by atoms with van der Waals surface area (Å²) >= 11 is 3.14. The molecular weight excluding hydrogens is 326 g/mol. The largest absolute Gasteiger partial charge is 0.334 e. The maximum Gasteiger partial charge on any atom is 0.312 e. The zero-order valence-electron chi connectivity index (χ0n) is 10.5. The Morgan fingerprint density at radius 2 is 2.15 bits per heavy atom. The van der Waals surface area contributed by atoms with E-state index < -0.39 is 4.92 Å². The molecule has 0 spiro atoms. The number of hydrogen-bond donors (Lipinski definition) is 1. The second-order valence-corrected chi connectivity index (χ2v) is 4.96. The standard InChI is InChI=1S/C13H10BrN3O3/c1-8(18)9-3-2-4-11(5-9)16-13-12(17(19)20)6-10(14)7-15-13/h2-7H,1H3,(H,15,16). The number of aromatic nitrogens is 1. The first-order valence-electron chi connectivity index (χ1n) is 5.65. The van der Waals surface area contributed by atoms with E-state index in [9.17, 15) is 14.9 Å². The fraction of sp³-hybridized carbons (Fsp3) is 0.0769. The Hall–Kier alpha value is -2.28. The number of nitro groups is 1. The lowest BCUT2D eigenvalue weighted by atomic mass is 10.1. The van der Waals surface area contributed by atoms with Gasteiger partial charge in [-0.15, -0.1) is 0 Å². The maximum atomic E-state index is 11.3. The molecule has 0 amide bonds. The van der Waals surface area contributed by atoms with Gasteiger partial charge in [0, 0.05) is 28.0 Å². The molecule has 2 rings (SSSR count). The summed E-state index contributed by atoms with van der Waals surface area (Å²) in [5.74, 6) is 0.0471. The molecular formula is C13H10BrN3O3. The number of rotatable bonds is 4. The molecule has 1 heterocycles. The van der Waals surface area contributed by atoms with Crippen LogP contribution in [-0.2, 0) is 0 Å². The Morgan fingerprint density at radius 1 is 1.40 bits per heavy atom. The number of anilines is 2. The minimum Gasteiger partial charge on any atom is -0.334 e. The third-order valence-corrected chi connectivity index (χ3v) is 3.00. The average molecular weight is 336 g/mol. The molecule has 0 saturated carbocycles. The fourth-order valence-corrected chi connectivity index (χ4v) is 1.94. The molecule has 0 bridgehead atoms. The number of ketones is 1. The van der Waals surface area contributed by atoms with Crippen molar-refractivity contribution in [3.8, 4) is 0 Å². The van der Waals surface area contributed by atoms with E-state index in [4.69, 9.17) is 0 Å². The molecule has 0 aliphatic rings. The van der Waals surface area contributed by atoms with Gasteiger partial charge in [0.05, 0.1) is 4.92 Å². The topological polar surface area (TPSA) is 85.1 Å². The van der Waals surface area contributed by atoms with Crippen LogP contribution in [0.4, 0.5) is 17.2 Å². The lowest BCUT2D eigenvalue weighted by Gasteiger charge is -2.07. The van der Waals surface area contributed by atoms with E-state index in [1.165, 1.54) is 19.2 Å². The molecule has 102 valence electrons. The Labute approximate surface area is 123 Å².